The number of anilines is 1. The number of hydrogen-bond donors (Lipinski definition) is 3. The van der Waals surface area contributed by atoms with Crippen molar-refractivity contribution >= 4 is 40.0 Å². The number of hydrogen-bond acceptors (Lipinski definition) is 8. The fourth-order valence-electron chi connectivity index (χ4n) is 2.89. The van der Waals surface area contributed by atoms with Crippen LogP contribution in [-0.4, -0.2) is 80.1 Å². The van der Waals surface area contributed by atoms with E-state index in [2.05, 4.69) is 16.9 Å². The van der Waals surface area contributed by atoms with Crippen molar-refractivity contribution in [2.45, 2.75) is 12.8 Å². The van der Waals surface area contributed by atoms with Crippen LogP contribution in [0.1, 0.15) is 23.4 Å². The van der Waals surface area contributed by atoms with Crippen molar-refractivity contribution in [1.29, 1.82) is 5.41 Å². The van der Waals surface area contributed by atoms with Crippen LogP contribution in [0.25, 0.3) is 5.70 Å². The van der Waals surface area contributed by atoms with Crippen LogP contribution in [0.5, 0.6) is 0 Å². The van der Waals surface area contributed by atoms with Gasteiger partial charge < -0.3 is 25.0 Å². The van der Waals surface area contributed by atoms with Gasteiger partial charge in [0.1, 0.15) is 5.69 Å². The van der Waals surface area contributed by atoms with Crippen LogP contribution in [0, 0.1) is 11.3 Å². The number of carbonyl (C=O) groups excluding carboxylic acids is 2. The minimum atomic E-state index is -0.326. The second-order valence-electron chi connectivity index (χ2n) is 6.68. The maximum atomic E-state index is 12.6. The van der Waals surface area contributed by atoms with Gasteiger partial charge in [0.2, 0.25) is 11.8 Å². The highest BCUT2D eigenvalue weighted by molar-refractivity contribution is 7.17. The number of amides is 3. The number of nitrogens with zero attached hydrogens (tertiary/aromatic N) is 3. The Bertz CT molecular complexity index is 772. The number of likely N-dealkylation sites (N-methyl/N-ethyl adjacent to an activating group) is 1. The quantitative estimate of drug-likeness (QED) is 0.426. The molecule has 29 heavy (non-hydrogen) atoms. The highest BCUT2D eigenvalue weighted by Crippen LogP contribution is 2.31. The molecule has 1 saturated heterocycles. The summed E-state index contributed by atoms with van der Waals surface area (Å²) in [6.45, 7) is 6.12. The topological polar surface area (TPSA) is 134 Å². The average Bonchev–Trinajstić information content (AvgIpc) is 3.14. The number of ether oxygens (including phenoxy) is 2. The summed E-state index contributed by atoms with van der Waals surface area (Å²) in [5, 5.41) is 11.1. The molecule has 10 nitrogen and oxygen atoms in total. The first-order chi connectivity index (χ1) is 13.8. The molecule has 0 unspecified atom stereocenters. The van der Waals surface area contributed by atoms with Gasteiger partial charge in [0.25, 0.3) is 0 Å². The number of nitrogens with one attached hydrogen (secondary N) is 2. The summed E-state index contributed by atoms with van der Waals surface area (Å²) in [5.74, 6) is -0.626. The SMILES string of the molecule is C=C(c1sc(NC(=O)N2CCC(C(N)=O)CC2)nc1C(=N)OC)N(C)CCOC. The maximum Gasteiger partial charge on any atom is 0.323 e. The monoisotopic (exact) mass is 424 g/mol. The van der Waals surface area contributed by atoms with Crippen LogP contribution >= 0.6 is 11.3 Å². The molecule has 160 valence electrons. The van der Waals surface area contributed by atoms with Crippen molar-refractivity contribution in [2.24, 2.45) is 11.7 Å². The lowest BCUT2D eigenvalue weighted by atomic mass is 9.96. The van der Waals surface area contributed by atoms with Gasteiger partial charge in [-0.05, 0) is 12.8 Å². The number of thiazole rings is 1. The Kier molecular flexibility index (Phi) is 7.97. The third-order valence-corrected chi connectivity index (χ3v) is 5.82. The van der Waals surface area contributed by atoms with Crippen molar-refractivity contribution in [1.82, 2.24) is 14.8 Å². The summed E-state index contributed by atoms with van der Waals surface area (Å²) in [5.41, 5.74) is 6.30. The van der Waals surface area contributed by atoms with Gasteiger partial charge in [-0.1, -0.05) is 17.9 Å². The Labute approximate surface area is 174 Å². The highest BCUT2D eigenvalue weighted by Gasteiger charge is 2.27. The molecule has 2 rings (SSSR count). The van der Waals surface area contributed by atoms with Gasteiger partial charge in [-0.25, -0.2) is 9.78 Å². The zero-order chi connectivity index (χ0) is 21.6. The van der Waals surface area contributed by atoms with E-state index in [0.717, 1.165) is 0 Å². The minimum Gasteiger partial charge on any atom is -0.480 e. The standard InChI is InChI=1S/C18H28N6O4S/c1-11(23(2)9-10-27-3)14-13(16(20)28-4)21-17(29-14)22-18(26)24-7-5-12(6-8-24)15(19)25/h12,20H,1,5-10H2,2-4H3,(H2,19,25)(H,21,22,26). The summed E-state index contributed by atoms with van der Waals surface area (Å²) in [6.07, 6.45) is 1.10. The molecule has 0 bridgehead atoms. The van der Waals surface area contributed by atoms with Crippen molar-refractivity contribution in [3.63, 3.8) is 0 Å². The van der Waals surface area contributed by atoms with E-state index in [1.54, 1.807) is 12.0 Å². The Morgan fingerprint density at radius 3 is 2.62 bits per heavy atom. The number of piperidine rings is 1. The smallest absolute Gasteiger partial charge is 0.323 e. The van der Waals surface area contributed by atoms with E-state index < -0.39 is 0 Å². The number of nitrogens with two attached hydrogens (primary N) is 1. The normalized spacial score (nSPS) is 14.4. The molecule has 2 heterocycles. The van der Waals surface area contributed by atoms with Gasteiger partial charge in [0, 0.05) is 45.4 Å². The largest absolute Gasteiger partial charge is 0.480 e. The summed E-state index contributed by atoms with van der Waals surface area (Å²) in [7, 11) is 4.88. The average molecular weight is 425 g/mol. The minimum absolute atomic E-state index is 0.111. The fourth-order valence-corrected chi connectivity index (χ4v) is 3.87. The molecule has 1 aromatic rings. The molecule has 0 radical (unpaired) electrons. The third kappa shape index (κ3) is 5.67. The summed E-state index contributed by atoms with van der Waals surface area (Å²) in [4.78, 5) is 32.4. The lowest BCUT2D eigenvalue weighted by Gasteiger charge is -2.30. The maximum absolute atomic E-state index is 12.6. The lowest BCUT2D eigenvalue weighted by molar-refractivity contribution is -0.122. The molecule has 0 aromatic carbocycles. The number of likely N-dealkylation sites (tertiary alicyclic amines) is 1. The van der Waals surface area contributed by atoms with Crippen molar-refractivity contribution < 1.29 is 19.1 Å². The molecule has 0 aliphatic carbocycles. The van der Waals surface area contributed by atoms with Crippen LogP contribution in [0.2, 0.25) is 0 Å². The van der Waals surface area contributed by atoms with E-state index in [9.17, 15) is 9.59 Å². The summed E-state index contributed by atoms with van der Waals surface area (Å²) >= 11 is 1.22. The lowest BCUT2D eigenvalue weighted by Crippen LogP contribution is -2.43. The number of methoxy groups -OCH3 is 2. The third-order valence-electron chi connectivity index (χ3n) is 4.80. The first kappa shape index (κ1) is 22.6. The molecule has 1 aromatic heterocycles. The summed E-state index contributed by atoms with van der Waals surface area (Å²) < 4.78 is 10.1. The van der Waals surface area contributed by atoms with Crippen molar-refractivity contribution in [2.75, 3.05) is 52.8 Å². The second-order valence-corrected chi connectivity index (χ2v) is 7.68. The molecule has 1 fully saturated rings. The molecule has 1 aliphatic rings. The predicted molar refractivity (Wildman–Crippen MR) is 112 cm³/mol. The Morgan fingerprint density at radius 2 is 2.07 bits per heavy atom. The van der Waals surface area contributed by atoms with Crippen LogP contribution in [0.4, 0.5) is 9.93 Å². The molecule has 0 spiro atoms. The second kappa shape index (κ2) is 10.2. The highest BCUT2D eigenvalue weighted by atomic mass is 32.1. The number of urea groups is 1. The van der Waals surface area contributed by atoms with Crippen molar-refractivity contribution in [3.8, 4) is 0 Å². The molecule has 0 atom stereocenters. The summed E-state index contributed by atoms with van der Waals surface area (Å²) in [6, 6.07) is -0.304. The Hall–Kier alpha value is -2.66. The van der Waals surface area contributed by atoms with Gasteiger partial charge in [-0.15, -0.1) is 0 Å². The van der Waals surface area contributed by atoms with Gasteiger partial charge in [0.15, 0.2) is 5.13 Å². The van der Waals surface area contributed by atoms with E-state index in [-0.39, 0.29) is 23.8 Å². The number of primary amides is 1. The molecule has 11 heteroatoms. The molecular formula is C18H28N6O4S. The molecule has 0 saturated carbocycles. The van der Waals surface area contributed by atoms with E-state index >= 15 is 0 Å². The van der Waals surface area contributed by atoms with Crippen LogP contribution in [0.3, 0.4) is 0 Å². The van der Waals surface area contributed by atoms with E-state index in [1.807, 2.05) is 11.9 Å². The van der Waals surface area contributed by atoms with Crippen LogP contribution in [0.15, 0.2) is 6.58 Å². The van der Waals surface area contributed by atoms with E-state index in [1.165, 1.54) is 18.4 Å². The first-order valence-electron chi connectivity index (χ1n) is 9.16. The molecule has 3 amide bonds. The zero-order valence-electron chi connectivity index (χ0n) is 17.0. The Morgan fingerprint density at radius 1 is 1.41 bits per heavy atom. The van der Waals surface area contributed by atoms with Gasteiger partial charge >= 0.3 is 6.03 Å². The van der Waals surface area contributed by atoms with E-state index in [4.69, 9.17) is 20.6 Å². The van der Waals surface area contributed by atoms with Gasteiger partial charge in [-0.3, -0.25) is 15.5 Å². The first-order valence-corrected chi connectivity index (χ1v) is 9.98. The predicted octanol–water partition coefficient (Wildman–Crippen LogP) is 1.39. The zero-order valence-corrected chi connectivity index (χ0v) is 17.8. The molecule has 4 N–H and O–H groups in total. The van der Waals surface area contributed by atoms with Gasteiger partial charge in [0.05, 0.1) is 18.6 Å². The van der Waals surface area contributed by atoms with Gasteiger partial charge in [-0.2, -0.15) is 0 Å². The fraction of sp³-hybridized carbons (Fsp3) is 0.556. The van der Waals surface area contributed by atoms with E-state index in [0.29, 0.717) is 60.5 Å². The number of aromatic nitrogens is 1. The van der Waals surface area contributed by atoms with Crippen LogP contribution in [-0.2, 0) is 14.3 Å². The molecular weight excluding hydrogens is 396 g/mol. The molecule has 1 aliphatic heterocycles. The Balaban J connectivity index is 2.12. The number of carbonyl (C=O) groups is 2. The van der Waals surface area contributed by atoms with Crippen molar-refractivity contribution in [3.05, 3.63) is 17.2 Å². The van der Waals surface area contributed by atoms with Crippen LogP contribution < -0.4 is 11.1 Å². The number of rotatable bonds is 8.